The van der Waals surface area contributed by atoms with Crippen LogP contribution in [0.4, 0.5) is 5.69 Å². The van der Waals surface area contributed by atoms with Gasteiger partial charge in [0.05, 0.1) is 5.41 Å². The average Bonchev–Trinajstić information content (AvgIpc) is 2.61. The lowest BCUT2D eigenvalue weighted by molar-refractivity contribution is -0.130. The summed E-state index contributed by atoms with van der Waals surface area (Å²) in [7, 11) is 0. The van der Waals surface area contributed by atoms with Crippen molar-refractivity contribution < 1.29 is 14.3 Å². The maximum absolute atomic E-state index is 12.7. The van der Waals surface area contributed by atoms with Crippen molar-refractivity contribution in [1.29, 1.82) is 0 Å². The average molecular weight is 347 g/mol. The van der Waals surface area contributed by atoms with Gasteiger partial charge < -0.3 is 21.1 Å². The van der Waals surface area contributed by atoms with Gasteiger partial charge in [-0.1, -0.05) is 13.8 Å². The molecule has 4 N–H and O–H groups in total. The summed E-state index contributed by atoms with van der Waals surface area (Å²) in [4.78, 5) is 24.9. The van der Waals surface area contributed by atoms with Gasteiger partial charge in [-0.05, 0) is 49.4 Å². The summed E-state index contributed by atoms with van der Waals surface area (Å²) in [5.74, 6) is 0.228. The highest BCUT2D eigenvalue weighted by Gasteiger charge is 2.38. The molecule has 0 aromatic heterocycles. The number of nitrogens with one attached hydrogen (secondary N) is 2. The topological polar surface area (TPSA) is 93.5 Å². The van der Waals surface area contributed by atoms with Crippen LogP contribution in [-0.2, 0) is 9.53 Å². The number of hydrogen-bond acceptors (Lipinski definition) is 4. The number of nitrogens with two attached hydrogens (primary N) is 1. The summed E-state index contributed by atoms with van der Waals surface area (Å²) in [6.45, 7) is 8.03. The Bertz CT molecular complexity index is 622. The van der Waals surface area contributed by atoms with Crippen LogP contribution < -0.4 is 16.4 Å². The molecule has 1 aromatic carbocycles. The Labute approximate surface area is 149 Å². The molecule has 1 fully saturated rings. The molecule has 0 radical (unpaired) electrons. The summed E-state index contributed by atoms with van der Waals surface area (Å²) >= 11 is 0. The molecular weight excluding hydrogens is 318 g/mol. The van der Waals surface area contributed by atoms with Crippen molar-refractivity contribution >= 4 is 17.5 Å². The molecule has 6 nitrogen and oxygen atoms in total. The van der Waals surface area contributed by atoms with Gasteiger partial charge in [-0.15, -0.1) is 0 Å². The van der Waals surface area contributed by atoms with E-state index in [1.807, 2.05) is 20.8 Å². The third-order valence-corrected chi connectivity index (χ3v) is 4.73. The number of carbonyl (C=O) groups is 2. The number of aryl methyl sites for hydroxylation is 1. The van der Waals surface area contributed by atoms with E-state index in [0.717, 1.165) is 5.56 Å². The molecule has 0 aliphatic carbocycles. The molecule has 1 saturated heterocycles. The maximum atomic E-state index is 12.7. The predicted molar refractivity (Wildman–Crippen MR) is 98.5 cm³/mol. The van der Waals surface area contributed by atoms with Gasteiger partial charge in [0, 0.05) is 37.6 Å². The van der Waals surface area contributed by atoms with E-state index in [1.165, 1.54) is 0 Å². The van der Waals surface area contributed by atoms with Gasteiger partial charge >= 0.3 is 0 Å². The second kappa shape index (κ2) is 8.45. The summed E-state index contributed by atoms with van der Waals surface area (Å²) in [5.41, 5.74) is 7.47. The highest BCUT2D eigenvalue weighted by molar-refractivity contribution is 5.98. The van der Waals surface area contributed by atoms with Crippen molar-refractivity contribution in [2.24, 2.45) is 17.1 Å². The molecule has 1 aliphatic heterocycles. The molecule has 0 bridgehead atoms. The minimum atomic E-state index is -0.571. The fourth-order valence-electron chi connectivity index (χ4n) is 2.88. The van der Waals surface area contributed by atoms with Gasteiger partial charge in [-0.2, -0.15) is 0 Å². The molecule has 1 aromatic rings. The molecule has 1 heterocycles. The first-order chi connectivity index (χ1) is 11.9. The highest BCUT2D eigenvalue weighted by Crippen LogP contribution is 2.31. The lowest BCUT2D eigenvalue weighted by atomic mass is 9.79. The molecule has 0 saturated carbocycles. The van der Waals surface area contributed by atoms with E-state index in [9.17, 15) is 9.59 Å². The van der Waals surface area contributed by atoms with E-state index in [0.29, 0.717) is 56.3 Å². The molecule has 2 rings (SSSR count). The van der Waals surface area contributed by atoms with E-state index in [1.54, 1.807) is 18.2 Å². The zero-order valence-electron chi connectivity index (χ0n) is 15.4. The van der Waals surface area contributed by atoms with Crippen LogP contribution in [0, 0.1) is 18.3 Å². The standard InChI is InChI=1S/C19H29N3O3/c1-13(2)11-21-17(23)15-4-5-16(14(3)10-15)22-18(24)19(12-20)6-8-25-9-7-19/h4-5,10,13H,6-9,11-12,20H2,1-3H3,(H,21,23)(H,22,24). The number of benzene rings is 1. The largest absolute Gasteiger partial charge is 0.381 e. The van der Waals surface area contributed by atoms with E-state index in [-0.39, 0.29) is 11.8 Å². The van der Waals surface area contributed by atoms with Crippen molar-refractivity contribution in [3.63, 3.8) is 0 Å². The monoisotopic (exact) mass is 347 g/mol. The second-order valence-corrected chi connectivity index (χ2v) is 7.18. The predicted octanol–water partition coefficient (Wildman–Crippen LogP) is 2.07. The summed E-state index contributed by atoms with van der Waals surface area (Å²) in [6.07, 6.45) is 1.26. The molecular formula is C19H29N3O3. The Morgan fingerprint density at radius 1 is 1.28 bits per heavy atom. The Balaban J connectivity index is 2.07. The van der Waals surface area contributed by atoms with Crippen molar-refractivity contribution in [2.75, 3.05) is 31.6 Å². The van der Waals surface area contributed by atoms with Gasteiger partial charge in [-0.3, -0.25) is 9.59 Å². The molecule has 138 valence electrons. The van der Waals surface area contributed by atoms with Gasteiger partial charge in [-0.25, -0.2) is 0 Å². The zero-order chi connectivity index (χ0) is 18.4. The van der Waals surface area contributed by atoms with Crippen LogP contribution >= 0.6 is 0 Å². The van der Waals surface area contributed by atoms with E-state index < -0.39 is 5.41 Å². The Hall–Kier alpha value is -1.92. The number of anilines is 1. The molecule has 6 heteroatoms. The number of amides is 2. The van der Waals surface area contributed by atoms with Crippen LogP contribution in [0.5, 0.6) is 0 Å². The number of carbonyl (C=O) groups excluding carboxylic acids is 2. The van der Waals surface area contributed by atoms with Gasteiger partial charge in [0.25, 0.3) is 5.91 Å². The van der Waals surface area contributed by atoms with Crippen LogP contribution in [0.2, 0.25) is 0 Å². The van der Waals surface area contributed by atoms with Crippen LogP contribution in [0.15, 0.2) is 18.2 Å². The third kappa shape index (κ3) is 4.80. The lowest BCUT2D eigenvalue weighted by Gasteiger charge is -2.34. The first-order valence-electron chi connectivity index (χ1n) is 8.86. The van der Waals surface area contributed by atoms with E-state index in [2.05, 4.69) is 10.6 Å². The number of ether oxygens (including phenoxy) is 1. The normalized spacial score (nSPS) is 16.5. The molecule has 0 unspecified atom stereocenters. The van der Waals surface area contributed by atoms with Gasteiger partial charge in [0.2, 0.25) is 5.91 Å². The zero-order valence-corrected chi connectivity index (χ0v) is 15.4. The van der Waals surface area contributed by atoms with Crippen LogP contribution in [0.3, 0.4) is 0 Å². The second-order valence-electron chi connectivity index (χ2n) is 7.18. The highest BCUT2D eigenvalue weighted by atomic mass is 16.5. The molecule has 1 aliphatic rings. The fourth-order valence-corrected chi connectivity index (χ4v) is 2.88. The van der Waals surface area contributed by atoms with Gasteiger partial charge in [0.15, 0.2) is 0 Å². The minimum absolute atomic E-state index is 0.0709. The Kier molecular flexibility index (Phi) is 6.56. The third-order valence-electron chi connectivity index (χ3n) is 4.73. The van der Waals surface area contributed by atoms with Crippen LogP contribution in [0.25, 0.3) is 0 Å². The molecule has 0 spiro atoms. The van der Waals surface area contributed by atoms with E-state index >= 15 is 0 Å². The molecule has 2 amide bonds. The summed E-state index contributed by atoms with van der Waals surface area (Å²) < 4.78 is 5.35. The lowest BCUT2D eigenvalue weighted by Crippen LogP contribution is -2.46. The number of rotatable bonds is 6. The number of hydrogen-bond donors (Lipinski definition) is 3. The van der Waals surface area contributed by atoms with E-state index in [4.69, 9.17) is 10.5 Å². The van der Waals surface area contributed by atoms with Crippen molar-refractivity contribution in [2.45, 2.75) is 33.6 Å². The van der Waals surface area contributed by atoms with Crippen LogP contribution in [0.1, 0.15) is 42.6 Å². The quantitative estimate of drug-likeness (QED) is 0.734. The summed E-state index contributed by atoms with van der Waals surface area (Å²) in [6, 6.07) is 5.31. The maximum Gasteiger partial charge on any atom is 0.251 e. The van der Waals surface area contributed by atoms with Gasteiger partial charge in [0.1, 0.15) is 0 Å². The smallest absolute Gasteiger partial charge is 0.251 e. The summed E-state index contributed by atoms with van der Waals surface area (Å²) in [5, 5.41) is 5.88. The SMILES string of the molecule is Cc1cc(C(=O)NCC(C)C)ccc1NC(=O)C1(CN)CCOCC1. The Morgan fingerprint density at radius 2 is 1.96 bits per heavy atom. The van der Waals surface area contributed by atoms with Crippen molar-refractivity contribution in [3.05, 3.63) is 29.3 Å². The first kappa shape index (κ1) is 19.4. The molecule has 25 heavy (non-hydrogen) atoms. The minimum Gasteiger partial charge on any atom is -0.381 e. The fraction of sp³-hybridized carbons (Fsp3) is 0.579. The first-order valence-corrected chi connectivity index (χ1v) is 8.86. The van der Waals surface area contributed by atoms with Crippen molar-refractivity contribution in [3.8, 4) is 0 Å². The molecule has 0 atom stereocenters. The van der Waals surface area contributed by atoms with Crippen molar-refractivity contribution in [1.82, 2.24) is 5.32 Å². The Morgan fingerprint density at radius 3 is 2.52 bits per heavy atom. The van der Waals surface area contributed by atoms with Crippen LogP contribution in [-0.4, -0.2) is 38.1 Å².